The van der Waals surface area contributed by atoms with Gasteiger partial charge >= 0.3 is 0 Å². The van der Waals surface area contributed by atoms with Gasteiger partial charge in [0.1, 0.15) is 0 Å². The molecule has 1 amide bonds. The van der Waals surface area contributed by atoms with Crippen molar-refractivity contribution in [3.63, 3.8) is 0 Å². The van der Waals surface area contributed by atoms with Crippen LogP contribution in [0.3, 0.4) is 0 Å². The molecule has 0 spiro atoms. The van der Waals surface area contributed by atoms with Crippen LogP contribution >= 0.6 is 0 Å². The summed E-state index contributed by atoms with van der Waals surface area (Å²) in [4.78, 5) is 14.2. The quantitative estimate of drug-likeness (QED) is 0.867. The smallest absolute Gasteiger partial charge is 0.239 e. The second-order valence-electron chi connectivity index (χ2n) is 5.70. The Morgan fingerprint density at radius 2 is 1.95 bits per heavy atom. The standard InChI is InChI=1S/C16H24N2O2/c1-12(19)14-7-9-18(10-8-14)16(20)15(17)11-13-5-3-2-4-6-13/h2-6,12,14-15,19H,7-11,17H2,1H3/t12-,15-/m0/s1. The minimum Gasteiger partial charge on any atom is -0.393 e. The lowest BCUT2D eigenvalue weighted by Crippen LogP contribution is -2.48. The van der Waals surface area contributed by atoms with E-state index in [0.29, 0.717) is 25.4 Å². The number of nitrogens with two attached hydrogens (primary N) is 1. The van der Waals surface area contributed by atoms with Gasteiger partial charge in [-0.25, -0.2) is 0 Å². The number of rotatable bonds is 4. The average Bonchev–Trinajstić information content (AvgIpc) is 2.47. The molecule has 2 atom stereocenters. The van der Waals surface area contributed by atoms with Crippen molar-refractivity contribution in [2.24, 2.45) is 11.7 Å². The highest BCUT2D eigenvalue weighted by atomic mass is 16.3. The van der Waals surface area contributed by atoms with Gasteiger partial charge in [-0.3, -0.25) is 4.79 Å². The molecule has 1 aromatic carbocycles. The maximum atomic E-state index is 12.3. The first-order valence-electron chi connectivity index (χ1n) is 7.34. The largest absolute Gasteiger partial charge is 0.393 e. The van der Waals surface area contributed by atoms with Crippen LogP contribution in [0.1, 0.15) is 25.3 Å². The van der Waals surface area contributed by atoms with Crippen LogP contribution in [-0.4, -0.2) is 41.1 Å². The monoisotopic (exact) mass is 276 g/mol. The van der Waals surface area contributed by atoms with E-state index in [9.17, 15) is 9.90 Å². The highest BCUT2D eigenvalue weighted by Gasteiger charge is 2.28. The molecule has 0 saturated carbocycles. The van der Waals surface area contributed by atoms with Crippen molar-refractivity contribution in [3.05, 3.63) is 35.9 Å². The van der Waals surface area contributed by atoms with Gasteiger partial charge in [0.25, 0.3) is 0 Å². The molecule has 1 aromatic rings. The number of nitrogens with zero attached hydrogens (tertiary/aromatic N) is 1. The van der Waals surface area contributed by atoms with Gasteiger partial charge in [-0.2, -0.15) is 0 Å². The van der Waals surface area contributed by atoms with E-state index in [-0.39, 0.29) is 12.0 Å². The lowest BCUT2D eigenvalue weighted by Gasteiger charge is -2.34. The molecule has 0 radical (unpaired) electrons. The van der Waals surface area contributed by atoms with E-state index in [0.717, 1.165) is 18.4 Å². The van der Waals surface area contributed by atoms with Gasteiger partial charge in [-0.05, 0) is 37.7 Å². The summed E-state index contributed by atoms with van der Waals surface area (Å²) in [6, 6.07) is 9.39. The maximum Gasteiger partial charge on any atom is 0.239 e. The first-order valence-corrected chi connectivity index (χ1v) is 7.34. The van der Waals surface area contributed by atoms with E-state index < -0.39 is 6.04 Å². The summed E-state index contributed by atoms with van der Waals surface area (Å²) in [5.41, 5.74) is 7.12. The van der Waals surface area contributed by atoms with Crippen LogP contribution in [0.15, 0.2) is 30.3 Å². The number of hydrogen-bond donors (Lipinski definition) is 2. The Kier molecular flexibility index (Phi) is 5.15. The first-order chi connectivity index (χ1) is 9.58. The number of carbonyl (C=O) groups excluding carboxylic acids is 1. The summed E-state index contributed by atoms with van der Waals surface area (Å²) in [6.07, 6.45) is 2.02. The number of aliphatic hydroxyl groups is 1. The van der Waals surface area contributed by atoms with Crippen LogP contribution in [-0.2, 0) is 11.2 Å². The minimum absolute atomic E-state index is 0.0258. The zero-order chi connectivity index (χ0) is 14.5. The van der Waals surface area contributed by atoms with Crippen molar-refractivity contribution in [3.8, 4) is 0 Å². The van der Waals surface area contributed by atoms with Gasteiger partial charge < -0.3 is 15.7 Å². The first kappa shape index (κ1) is 15.0. The SMILES string of the molecule is C[C@H](O)C1CCN(C(=O)[C@@H](N)Cc2ccccc2)CC1. The molecule has 4 nitrogen and oxygen atoms in total. The summed E-state index contributed by atoms with van der Waals surface area (Å²) in [6.45, 7) is 3.23. The third kappa shape index (κ3) is 3.81. The number of benzene rings is 1. The number of likely N-dealkylation sites (tertiary alicyclic amines) is 1. The van der Waals surface area contributed by atoms with Crippen molar-refractivity contribution in [2.45, 2.75) is 38.3 Å². The molecule has 1 saturated heterocycles. The number of hydrogen-bond acceptors (Lipinski definition) is 3. The molecule has 0 unspecified atom stereocenters. The Bertz CT molecular complexity index is 425. The molecule has 1 aliphatic rings. The highest BCUT2D eigenvalue weighted by molar-refractivity contribution is 5.82. The second kappa shape index (κ2) is 6.86. The fourth-order valence-corrected chi connectivity index (χ4v) is 2.79. The van der Waals surface area contributed by atoms with E-state index in [1.165, 1.54) is 0 Å². The molecule has 1 heterocycles. The fourth-order valence-electron chi connectivity index (χ4n) is 2.79. The molecule has 3 N–H and O–H groups in total. The van der Waals surface area contributed by atoms with Crippen LogP contribution in [0.25, 0.3) is 0 Å². The normalized spacial score (nSPS) is 19.6. The molecule has 4 heteroatoms. The molecular weight excluding hydrogens is 252 g/mol. The van der Waals surface area contributed by atoms with Gasteiger partial charge in [0, 0.05) is 13.1 Å². The van der Waals surface area contributed by atoms with Gasteiger partial charge in [0.15, 0.2) is 0 Å². The van der Waals surface area contributed by atoms with E-state index in [1.54, 1.807) is 0 Å². The Hall–Kier alpha value is -1.39. The van der Waals surface area contributed by atoms with E-state index >= 15 is 0 Å². The number of aliphatic hydroxyl groups excluding tert-OH is 1. The van der Waals surface area contributed by atoms with E-state index in [1.807, 2.05) is 42.2 Å². The Balaban J connectivity index is 1.85. The van der Waals surface area contributed by atoms with Crippen molar-refractivity contribution >= 4 is 5.91 Å². The van der Waals surface area contributed by atoms with Crippen LogP contribution in [0.5, 0.6) is 0 Å². The lowest BCUT2D eigenvalue weighted by molar-refractivity contribution is -0.134. The summed E-state index contributed by atoms with van der Waals surface area (Å²) >= 11 is 0. The minimum atomic E-state index is -0.472. The predicted octanol–water partition coefficient (Wildman–Crippen LogP) is 1.18. The molecule has 20 heavy (non-hydrogen) atoms. The predicted molar refractivity (Wildman–Crippen MR) is 79.1 cm³/mol. The number of carbonyl (C=O) groups is 1. The Morgan fingerprint density at radius 3 is 2.50 bits per heavy atom. The number of piperidine rings is 1. The molecule has 2 rings (SSSR count). The molecular formula is C16H24N2O2. The van der Waals surface area contributed by atoms with Crippen LogP contribution in [0, 0.1) is 5.92 Å². The maximum absolute atomic E-state index is 12.3. The molecule has 1 fully saturated rings. The third-order valence-electron chi connectivity index (χ3n) is 4.15. The molecule has 110 valence electrons. The molecule has 0 aliphatic carbocycles. The topological polar surface area (TPSA) is 66.6 Å². The van der Waals surface area contributed by atoms with Crippen molar-refractivity contribution in [2.75, 3.05) is 13.1 Å². The van der Waals surface area contributed by atoms with Crippen LogP contribution < -0.4 is 5.73 Å². The zero-order valence-corrected chi connectivity index (χ0v) is 12.0. The second-order valence-corrected chi connectivity index (χ2v) is 5.70. The molecule has 0 aromatic heterocycles. The Labute approximate surface area is 120 Å². The van der Waals surface area contributed by atoms with E-state index in [2.05, 4.69) is 0 Å². The summed E-state index contributed by atoms with van der Waals surface area (Å²) in [5.74, 6) is 0.335. The summed E-state index contributed by atoms with van der Waals surface area (Å²) in [5, 5.41) is 9.58. The van der Waals surface area contributed by atoms with E-state index in [4.69, 9.17) is 5.73 Å². The molecule has 1 aliphatic heterocycles. The lowest BCUT2D eigenvalue weighted by atomic mass is 9.91. The third-order valence-corrected chi connectivity index (χ3v) is 4.15. The average molecular weight is 276 g/mol. The zero-order valence-electron chi connectivity index (χ0n) is 12.0. The fraction of sp³-hybridized carbons (Fsp3) is 0.562. The van der Waals surface area contributed by atoms with Crippen LogP contribution in [0.2, 0.25) is 0 Å². The van der Waals surface area contributed by atoms with Crippen molar-refractivity contribution in [1.82, 2.24) is 4.90 Å². The van der Waals surface area contributed by atoms with Gasteiger partial charge in [-0.15, -0.1) is 0 Å². The van der Waals surface area contributed by atoms with Crippen LogP contribution in [0.4, 0.5) is 0 Å². The van der Waals surface area contributed by atoms with Crippen molar-refractivity contribution in [1.29, 1.82) is 0 Å². The highest BCUT2D eigenvalue weighted by Crippen LogP contribution is 2.21. The summed E-state index contributed by atoms with van der Waals surface area (Å²) < 4.78 is 0. The summed E-state index contributed by atoms with van der Waals surface area (Å²) in [7, 11) is 0. The Morgan fingerprint density at radius 1 is 1.35 bits per heavy atom. The number of amides is 1. The van der Waals surface area contributed by atoms with Gasteiger partial charge in [0.2, 0.25) is 5.91 Å². The van der Waals surface area contributed by atoms with Gasteiger partial charge in [0.05, 0.1) is 12.1 Å². The van der Waals surface area contributed by atoms with Crippen molar-refractivity contribution < 1.29 is 9.90 Å². The molecule has 0 bridgehead atoms. The van der Waals surface area contributed by atoms with Gasteiger partial charge in [-0.1, -0.05) is 30.3 Å².